The summed E-state index contributed by atoms with van der Waals surface area (Å²) in [7, 11) is -3.20. The molecule has 7 aromatic carbocycles. The number of allylic oxidation sites excluding steroid dienone is 4. The zero-order valence-corrected chi connectivity index (χ0v) is 41.4. The molecule has 0 fully saturated rings. The monoisotopic (exact) mass is 1150 g/mol. The van der Waals surface area contributed by atoms with Gasteiger partial charge in [-0.25, -0.2) is 0 Å². The van der Waals surface area contributed by atoms with Crippen LogP contribution in [0.5, 0.6) is 5.75 Å². The molecule has 0 aliphatic rings. The number of hydrogen-bond acceptors (Lipinski definition) is 3. The molecule has 0 unspecified atom stereocenters. The molecule has 3 nitrogen and oxygen atoms in total. The van der Waals surface area contributed by atoms with Crippen LogP contribution in [0.4, 0.5) is 79.0 Å². The maximum atomic E-state index is 14.9. The second kappa shape index (κ2) is 21.6. The van der Waals surface area contributed by atoms with Gasteiger partial charge < -0.3 is 0 Å². The normalized spacial score (nSPS) is 14.0. The molecule has 0 heterocycles. The molecular weight excluding hydrogens is 1110 g/mol. The first-order valence-corrected chi connectivity index (χ1v) is 27.4. The van der Waals surface area contributed by atoms with Crippen molar-refractivity contribution in [2.45, 2.75) is 37.1 Å². The van der Waals surface area contributed by atoms with Gasteiger partial charge in [-0.05, 0) is 0 Å². The van der Waals surface area contributed by atoms with Gasteiger partial charge in [0.2, 0.25) is 0 Å². The van der Waals surface area contributed by atoms with Crippen LogP contribution in [-0.4, -0.2) is 44.4 Å². The van der Waals surface area contributed by atoms with E-state index in [-0.39, 0.29) is 62.2 Å². The van der Waals surface area contributed by atoms with Gasteiger partial charge in [0.15, 0.2) is 0 Å². The Kier molecular flexibility index (Phi) is 16.3. The molecule has 0 atom stereocenters. The molecule has 0 aliphatic carbocycles. The Bertz CT molecular complexity index is 2760. The number of alkyl halides is 18. The van der Waals surface area contributed by atoms with Crippen molar-refractivity contribution in [3.8, 4) is 5.75 Å². The molecule has 0 bridgehead atoms. The van der Waals surface area contributed by atoms with Crippen LogP contribution in [0.15, 0.2) is 223 Å². The Morgan fingerprint density at radius 1 is 0.333 bits per heavy atom. The molecule has 0 aromatic heterocycles. The van der Waals surface area contributed by atoms with Crippen LogP contribution in [0.1, 0.15) is 11.1 Å². The summed E-state index contributed by atoms with van der Waals surface area (Å²) in [4.78, 5) is 0. The van der Waals surface area contributed by atoms with Crippen LogP contribution < -0.4 is 36.5 Å². The Morgan fingerprint density at radius 2 is 0.551 bits per heavy atom. The predicted octanol–water partition coefficient (Wildman–Crippen LogP) is 15.1. The van der Waals surface area contributed by atoms with Gasteiger partial charge in [0, 0.05) is 0 Å². The van der Waals surface area contributed by atoms with Crippen molar-refractivity contribution in [3.05, 3.63) is 235 Å². The maximum absolute atomic E-state index is 14.9. The van der Waals surface area contributed by atoms with Gasteiger partial charge in [0.25, 0.3) is 0 Å². The third kappa shape index (κ3) is 11.6. The van der Waals surface area contributed by atoms with E-state index in [0.717, 1.165) is 0 Å². The molecule has 0 spiro atoms. The van der Waals surface area contributed by atoms with E-state index in [1.165, 1.54) is 182 Å². The van der Waals surface area contributed by atoms with Gasteiger partial charge in [0.05, 0.1) is 0 Å². The summed E-state index contributed by atoms with van der Waals surface area (Å²) < 4.78 is 288. The number of benzene rings is 7. The van der Waals surface area contributed by atoms with E-state index in [4.69, 9.17) is 13.5 Å². The quantitative estimate of drug-likeness (QED) is 0.0418. The third-order valence-corrected chi connectivity index (χ3v) is 24.1. The molecule has 0 saturated heterocycles. The predicted molar refractivity (Wildman–Crippen MR) is 265 cm³/mol. The van der Waals surface area contributed by atoms with Gasteiger partial charge >= 0.3 is 435 Å². The van der Waals surface area contributed by atoms with Gasteiger partial charge in [0.1, 0.15) is 0 Å². The number of halogens is 18. The van der Waals surface area contributed by atoms with Crippen molar-refractivity contribution in [3.63, 3.8) is 0 Å². The van der Waals surface area contributed by atoms with E-state index >= 15 is 0 Å². The first-order chi connectivity index (χ1) is 36.3. The summed E-state index contributed by atoms with van der Waals surface area (Å²) in [5, 5.41) is -1.87. The standard InChI is InChI=1S/C54H39BF18O3P2/c56-49(57,58)38-35-39(50(59,60)61)37-40(36-38)74-55(75-77(41-19-7-1-8-20-41,42-21-9-2-10-22-42,43-23-11-3-12-24-43)33-31-47(51(62,63)64)52(65,66)67)76-78(44-25-13-4-14-26-44,45-27-15-5-16-28-45,46-29-17-6-18-30-46)34-32-48(53(68,69)70)54(71,72)73/h1-32,35-37H,33-34H2. The molecule has 412 valence electrons. The van der Waals surface area contributed by atoms with Crippen molar-refractivity contribution < 1.29 is 92.6 Å². The molecule has 0 saturated carbocycles. The number of hydrogen-bond donors (Lipinski definition) is 0. The van der Waals surface area contributed by atoms with E-state index < -0.39 is 98.4 Å². The van der Waals surface area contributed by atoms with Gasteiger partial charge in [-0.3, -0.25) is 0 Å². The summed E-state index contributed by atoms with van der Waals surface area (Å²) in [6.07, 6.45) is -39.7. The molecule has 0 radical (unpaired) electrons. The van der Waals surface area contributed by atoms with E-state index in [9.17, 15) is 79.0 Å². The van der Waals surface area contributed by atoms with E-state index in [1.54, 1.807) is 0 Å². The summed E-state index contributed by atoms with van der Waals surface area (Å²) >= 11 is 0. The van der Waals surface area contributed by atoms with Crippen LogP contribution in [0.3, 0.4) is 0 Å². The van der Waals surface area contributed by atoms with Crippen molar-refractivity contribution in [1.82, 2.24) is 0 Å². The SMILES string of the molecule is FC(F)(F)C(=CCP(OB(Oc1cc(C(F)(F)F)cc(C(F)(F)F)c1)OP(CC=C(C(F)(F)F)C(F)(F)F)(c1ccccc1)(c1ccccc1)c1ccccc1)(c1ccccc1)(c1ccccc1)c1ccccc1)C(F)(F)F. The van der Waals surface area contributed by atoms with Crippen LogP contribution in [0.25, 0.3) is 0 Å². The molecule has 78 heavy (non-hydrogen) atoms. The van der Waals surface area contributed by atoms with Gasteiger partial charge in [-0.2, -0.15) is 0 Å². The molecule has 0 N–H and O–H groups in total. The van der Waals surface area contributed by atoms with Crippen molar-refractivity contribution >= 4 is 52.8 Å². The minimum absolute atomic E-state index is 0.0106. The minimum atomic E-state index is -6.24. The average molecular weight is 1150 g/mol. The second-order valence-corrected chi connectivity index (χ2v) is 26.5. The fourth-order valence-electron chi connectivity index (χ4n) is 9.30. The van der Waals surface area contributed by atoms with E-state index in [0.29, 0.717) is 0 Å². The molecule has 7 aromatic rings. The Morgan fingerprint density at radius 3 is 0.744 bits per heavy atom. The molecule has 7 rings (SSSR count). The third-order valence-electron chi connectivity index (χ3n) is 12.8. The Labute approximate surface area is 434 Å². The first kappa shape index (κ1) is 59.1. The summed E-state index contributed by atoms with van der Waals surface area (Å²) in [6.45, 7) is -12.5. The Hall–Kier alpha value is -6.60. The van der Waals surface area contributed by atoms with Gasteiger partial charge in [-0.1, -0.05) is 0 Å². The van der Waals surface area contributed by atoms with Crippen LogP contribution in [0.2, 0.25) is 0 Å². The molecular formula is C54H39BF18O3P2. The van der Waals surface area contributed by atoms with Crippen molar-refractivity contribution in [2.75, 3.05) is 12.3 Å². The fourth-order valence-corrected chi connectivity index (χ4v) is 20.1. The zero-order chi connectivity index (χ0) is 57.1. The number of rotatable bonds is 16. The summed E-state index contributed by atoms with van der Waals surface area (Å²) in [5.41, 5.74) is -10.3. The van der Waals surface area contributed by atoms with Crippen molar-refractivity contribution in [2.24, 2.45) is 0 Å². The van der Waals surface area contributed by atoms with Gasteiger partial charge in [-0.15, -0.1) is 0 Å². The summed E-state index contributed by atoms with van der Waals surface area (Å²) in [5.74, 6) is -1.47. The summed E-state index contributed by atoms with van der Waals surface area (Å²) in [6, 6.07) is 37.3. The van der Waals surface area contributed by atoms with E-state index in [2.05, 4.69) is 0 Å². The fraction of sp³-hybridized carbons (Fsp3) is 0.148. The molecule has 0 aliphatic heterocycles. The van der Waals surface area contributed by atoms with Crippen molar-refractivity contribution in [1.29, 1.82) is 0 Å². The topological polar surface area (TPSA) is 27.7 Å². The first-order valence-electron chi connectivity index (χ1n) is 22.7. The second-order valence-electron chi connectivity index (χ2n) is 17.4. The van der Waals surface area contributed by atoms with Crippen LogP contribution >= 0.6 is 13.7 Å². The van der Waals surface area contributed by atoms with E-state index in [1.807, 2.05) is 0 Å². The molecule has 0 amide bonds. The van der Waals surface area contributed by atoms with Crippen LogP contribution in [0, 0.1) is 0 Å². The van der Waals surface area contributed by atoms with Crippen LogP contribution in [-0.2, 0) is 21.2 Å². The zero-order valence-electron chi connectivity index (χ0n) is 39.6. The Balaban J connectivity index is 1.78. The average Bonchev–Trinajstić information content (AvgIpc) is 3.54. The molecule has 24 heteroatoms.